The molecule has 0 bridgehead atoms. The summed E-state index contributed by atoms with van der Waals surface area (Å²) >= 11 is 0. The molecule has 1 aromatic heterocycles. The lowest BCUT2D eigenvalue weighted by Crippen LogP contribution is -2.42. The largest absolute Gasteiger partial charge is 0.493 e. The number of nitrogens with one attached hydrogen (secondary N) is 2. The lowest BCUT2D eigenvalue weighted by molar-refractivity contribution is -0.138. The first-order valence-corrected chi connectivity index (χ1v) is 8.58. The second kappa shape index (κ2) is 7.51. The van der Waals surface area contributed by atoms with Gasteiger partial charge < -0.3 is 26.8 Å². The smallest absolute Gasteiger partial charge is 0.419 e. The number of alkyl halides is 3. The number of nitrogen functional groups attached to an aromatic ring is 2. The predicted molar refractivity (Wildman–Crippen MR) is 99.5 cm³/mol. The van der Waals surface area contributed by atoms with Crippen molar-refractivity contribution in [2.75, 3.05) is 43.5 Å². The molecule has 9 heteroatoms. The third kappa shape index (κ3) is 4.19. The van der Waals surface area contributed by atoms with E-state index >= 15 is 0 Å². The fraction of sp³-hybridized carbons (Fsp3) is 0.389. The Labute approximate surface area is 155 Å². The van der Waals surface area contributed by atoms with Gasteiger partial charge in [-0.1, -0.05) is 0 Å². The number of anilines is 3. The van der Waals surface area contributed by atoms with Crippen LogP contribution in [-0.4, -0.2) is 31.7 Å². The molecule has 1 aliphatic heterocycles. The molecule has 1 aliphatic rings. The maximum atomic E-state index is 13.5. The maximum absolute atomic E-state index is 13.5. The third-order valence-corrected chi connectivity index (χ3v) is 4.59. The van der Waals surface area contributed by atoms with Crippen molar-refractivity contribution < 1.29 is 17.9 Å². The van der Waals surface area contributed by atoms with E-state index in [1.807, 2.05) is 0 Å². The molecule has 1 fully saturated rings. The van der Waals surface area contributed by atoms with Crippen LogP contribution in [0.2, 0.25) is 0 Å². The molecule has 6 N–H and O–H groups in total. The summed E-state index contributed by atoms with van der Waals surface area (Å²) in [6.45, 7) is 2.00. The summed E-state index contributed by atoms with van der Waals surface area (Å²) in [5.41, 5.74) is 12.1. The van der Waals surface area contributed by atoms with E-state index in [4.69, 9.17) is 16.2 Å². The predicted octanol–water partition coefficient (Wildman–Crippen LogP) is 2.96. The number of halogens is 3. The Morgan fingerprint density at radius 2 is 2.00 bits per heavy atom. The average Bonchev–Trinajstić information content (AvgIpc) is 2.58. The number of pyridine rings is 1. The number of aromatic nitrogens is 1. The molecule has 27 heavy (non-hydrogen) atoms. The van der Waals surface area contributed by atoms with Crippen LogP contribution in [0.3, 0.4) is 0 Å². The van der Waals surface area contributed by atoms with Gasteiger partial charge >= 0.3 is 6.18 Å². The molecule has 6 nitrogen and oxygen atoms in total. The molecular formula is C18H22F3N5O. The monoisotopic (exact) mass is 381 g/mol. The van der Waals surface area contributed by atoms with E-state index in [0.29, 0.717) is 23.7 Å². The second-order valence-corrected chi connectivity index (χ2v) is 6.47. The van der Waals surface area contributed by atoms with Gasteiger partial charge in [-0.05, 0) is 49.7 Å². The lowest BCUT2D eigenvalue weighted by Gasteiger charge is -2.27. The van der Waals surface area contributed by atoms with Crippen LogP contribution in [0.1, 0.15) is 12.0 Å². The van der Waals surface area contributed by atoms with Gasteiger partial charge in [0, 0.05) is 12.6 Å². The average molecular weight is 381 g/mol. The van der Waals surface area contributed by atoms with Gasteiger partial charge in [0.05, 0.1) is 29.2 Å². The van der Waals surface area contributed by atoms with Crippen LogP contribution >= 0.6 is 0 Å². The van der Waals surface area contributed by atoms with Crippen LogP contribution < -0.4 is 26.8 Å². The van der Waals surface area contributed by atoms with Crippen molar-refractivity contribution in [3.63, 3.8) is 0 Å². The number of nitrogens with zero attached hydrogens (tertiary/aromatic N) is 1. The highest BCUT2D eigenvalue weighted by molar-refractivity contribution is 5.81. The fourth-order valence-electron chi connectivity index (χ4n) is 2.85. The van der Waals surface area contributed by atoms with Gasteiger partial charge in [-0.25, -0.2) is 4.98 Å². The van der Waals surface area contributed by atoms with Crippen LogP contribution in [0.15, 0.2) is 24.3 Å². The van der Waals surface area contributed by atoms with Crippen LogP contribution in [0.25, 0.3) is 11.3 Å². The van der Waals surface area contributed by atoms with Gasteiger partial charge in [0.2, 0.25) is 0 Å². The normalized spacial score (nSPS) is 14.7. The Morgan fingerprint density at radius 1 is 1.26 bits per heavy atom. The SMILES string of the molecule is CNc1cc(-c2ccc(OCCC3CNC3)c(C(F)(F)F)c2)nc(N)c1N. The van der Waals surface area contributed by atoms with E-state index in [1.54, 1.807) is 13.1 Å². The number of hydrogen-bond acceptors (Lipinski definition) is 6. The summed E-state index contributed by atoms with van der Waals surface area (Å²) in [5.74, 6) is 0.330. The first-order chi connectivity index (χ1) is 12.8. The molecule has 3 rings (SSSR count). The summed E-state index contributed by atoms with van der Waals surface area (Å²) < 4.78 is 46.0. The molecule has 1 saturated heterocycles. The number of hydrogen-bond donors (Lipinski definition) is 4. The first-order valence-electron chi connectivity index (χ1n) is 8.58. The molecule has 1 aromatic carbocycles. The quantitative estimate of drug-likeness (QED) is 0.614. The third-order valence-electron chi connectivity index (χ3n) is 4.59. The highest BCUT2D eigenvalue weighted by atomic mass is 19.4. The van der Waals surface area contributed by atoms with E-state index in [1.165, 1.54) is 12.1 Å². The zero-order chi connectivity index (χ0) is 19.6. The Bertz CT molecular complexity index is 821. The van der Waals surface area contributed by atoms with Gasteiger partial charge in [-0.3, -0.25) is 0 Å². The Kier molecular flexibility index (Phi) is 5.31. The Balaban J connectivity index is 1.90. The maximum Gasteiger partial charge on any atom is 0.419 e. The first kappa shape index (κ1) is 19.1. The van der Waals surface area contributed by atoms with Crippen molar-refractivity contribution in [2.24, 2.45) is 5.92 Å². The van der Waals surface area contributed by atoms with Gasteiger partial charge in [0.25, 0.3) is 0 Å². The lowest BCUT2D eigenvalue weighted by atomic mass is 10.0. The second-order valence-electron chi connectivity index (χ2n) is 6.47. The number of benzene rings is 1. The number of nitrogens with two attached hydrogens (primary N) is 2. The molecular weight excluding hydrogens is 359 g/mol. The molecule has 2 heterocycles. The molecule has 0 aliphatic carbocycles. The van der Waals surface area contributed by atoms with Gasteiger partial charge in [0.1, 0.15) is 11.6 Å². The van der Waals surface area contributed by atoms with E-state index in [-0.39, 0.29) is 29.4 Å². The van der Waals surface area contributed by atoms with Gasteiger partial charge in [-0.15, -0.1) is 0 Å². The fourth-order valence-corrected chi connectivity index (χ4v) is 2.85. The van der Waals surface area contributed by atoms with E-state index in [9.17, 15) is 13.2 Å². The molecule has 0 amide bonds. The zero-order valence-electron chi connectivity index (χ0n) is 14.9. The zero-order valence-corrected chi connectivity index (χ0v) is 14.9. The summed E-state index contributed by atoms with van der Waals surface area (Å²) in [6.07, 6.45) is -3.83. The van der Waals surface area contributed by atoms with Crippen molar-refractivity contribution >= 4 is 17.2 Å². The van der Waals surface area contributed by atoms with E-state index in [2.05, 4.69) is 15.6 Å². The molecule has 0 unspecified atom stereocenters. The highest BCUT2D eigenvalue weighted by Gasteiger charge is 2.35. The summed E-state index contributed by atoms with van der Waals surface area (Å²) in [4.78, 5) is 4.11. The van der Waals surface area contributed by atoms with Gasteiger partial charge in [-0.2, -0.15) is 13.2 Å². The molecule has 2 aromatic rings. The topological polar surface area (TPSA) is 98.2 Å². The molecule has 0 saturated carbocycles. The van der Waals surface area contributed by atoms with Crippen LogP contribution in [-0.2, 0) is 6.18 Å². The van der Waals surface area contributed by atoms with Gasteiger partial charge in [0.15, 0.2) is 0 Å². The van der Waals surface area contributed by atoms with Crippen molar-refractivity contribution in [1.82, 2.24) is 10.3 Å². The van der Waals surface area contributed by atoms with Crippen molar-refractivity contribution in [3.05, 3.63) is 29.8 Å². The molecule has 0 spiro atoms. The highest BCUT2D eigenvalue weighted by Crippen LogP contribution is 2.39. The standard InChI is InChI=1S/C18H22F3N5O/c1-24-14-7-13(26-17(23)16(14)22)11-2-3-15(12(6-11)18(19,20)21)27-5-4-10-8-25-9-10/h2-3,6-7,10,25H,4-5,8-9,22H2,1H3,(H3,23,24,26). The van der Waals surface area contributed by atoms with Crippen molar-refractivity contribution in [1.29, 1.82) is 0 Å². The summed E-state index contributed by atoms with van der Waals surface area (Å²) in [6, 6.07) is 5.44. The summed E-state index contributed by atoms with van der Waals surface area (Å²) in [7, 11) is 1.64. The van der Waals surface area contributed by atoms with Crippen molar-refractivity contribution in [2.45, 2.75) is 12.6 Å². The molecule has 0 atom stereocenters. The van der Waals surface area contributed by atoms with Crippen LogP contribution in [0, 0.1) is 5.92 Å². The van der Waals surface area contributed by atoms with Crippen molar-refractivity contribution in [3.8, 4) is 17.0 Å². The molecule has 0 radical (unpaired) electrons. The minimum Gasteiger partial charge on any atom is -0.493 e. The Morgan fingerprint density at radius 3 is 2.59 bits per heavy atom. The summed E-state index contributed by atoms with van der Waals surface area (Å²) in [5, 5.41) is 5.98. The van der Waals surface area contributed by atoms with E-state index in [0.717, 1.165) is 19.2 Å². The minimum absolute atomic E-state index is 0.0554. The number of rotatable bonds is 6. The molecule has 146 valence electrons. The minimum atomic E-state index is -4.55. The number of ether oxygens (including phenoxy) is 1. The Hall–Kier alpha value is -2.68. The van der Waals surface area contributed by atoms with Crippen LogP contribution in [0.4, 0.5) is 30.4 Å². The van der Waals surface area contributed by atoms with Crippen LogP contribution in [0.5, 0.6) is 5.75 Å². The van der Waals surface area contributed by atoms with E-state index < -0.39 is 11.7 Å².